The van der Waals surface area contributed by atoms with Gasteiger partial charge in [-0.1, -0.05) is 38.4 Å². The molecule has 8 heteroatoms. The number of hydrogen-bond donors (Lipinski definition) is 2. The lowest BCUT2D eigenvalue weighted by Gasteiger charge is -2.31. The van der Waals surface area contributed by atoms with E-state index in [1.165, 1.54) is 11.3 Å². The molecule has 0 unspecified atom stereocenters. The minimum absolute atomic E-state index is 0.0878. The highest BCUT2D eigenvalue weighted by molar-refractivity contribution is 7.18. The number of nitrogens with one attached hydrogen (secondary N) is 2. The van der Waals surface area contributed by atoms with Crippen molar-refractivity contribution in [3.8, 4) is 0 Å². The van der Waals surface area contributed by atoms with E-state index < -0.39 is 5.41 Å². The summed E-state index contributed by atoms with van der Waals surface area (Å²) in [4.78, 5) is 27.9. The molecule has 2 amide bonds. The molecule has 1 aromatic carbocycles. The number of carbonyl (C=O) groups is 2. The Kier molecular flexibility index (Phi) is 6.51. The fraction of sp³-hybridized carbons (Fsp3) is 0.429. The van der Waals surface area contributed by atoms with Crippen LogP contribution in [0.1, 0.15) is 36.0 Å². The van der Waals surface area contributed by atoms with Crippen LogP contribution >= 0.6 is 22.9 Å². The summed E-state index contributed by atoms with van der Waals surface area (Å²) in [5.74, 6) is -0.310. The maximum Gasteiger partial charge on any atom is 0.266 e. The van der Waals surface area contributed by atoms with E-state index in [4.69, 9.17) is 16.3 Å². The molecule has 156 valence electrons. The monoisotopic (exact) mass is 435 g/mol. The Bertz CT molecular complexity index is 914. The van der Waals surface area contributed by atoms with Crippen LogP contribution < -0.4 is 15.5 Å². The molecule has 2 N–H and O–H groups in total. The third kappa shape index (κ3) is 5.10. The van der Waals surface area contributed by atoms with Gasteiger partial charge in [-0.25, -0.2) is 0 Å². The maximum atomic E-state index is 13.0. The number of para-hydroxylation sites is 1. The van der Waals surface area contributed by atoms with Gasteiger partial charge in [0, 0.05) is 18.5 Å². The zero-order valence-electron chi connectivity index (χ0n) is 17.1. The Labute approximate surface area is 180 Å². The van der Waals surface area contributed by atoms with Gasteiger partial charge in [-0.3, -0.25) is 9.59 Å². The first-order valence-electron chi connectivity index (χ1n) is 9.51. The highest BCUT2D eigenvalue weighted by Gasteiger charge is 2.24. The van der Waals surface area contributed by atoms with Crippen LogP contribution in [0.25, 0.3) is 0 Å². The van der Waals surface area contributed by atoms with Crippen molar-refractivity contribution >= 4 is 51.1 Å². The van der Waals surface area contributed by atoms with Crippen LogP contribution in [0, 0.1) is 12.3 Å². The fourth-order valence-corrected chi connectivity index (χ4v) is 4.23. The predicted molar refractivity (Wildman–Crippen MR) is 120 cm³/mol. The second-order valence-corrected chi connectivity index (χ2v) is 9.48. The number of amides is 2. The highest BCUT2D eigenvalue weighted by atomic mass is 35.5. The van der Waals surface area contributed by atoms with Crippen LogP contribution in [0.15, 0.2) is 24.3 Å². The average Bonchev–Trinajstić information content (AvgIpc) is 3.02. The Morgan fingerprint density at radius 3 is 2.52 bits per heavy atom. The molecule has 1 aromatic heterocycles. The summed E-state index contributed by atoms with van der Waals surface area (Å²) in [6, 6.07) is 7.31. The van der Waals surface area contributed by atoms with Crippen molar-refractivity contribution in [1.29, 1.82) is 0 Å². The predicted octanol–water partition coefficient (Wildman–Crippen LogP) is 4.78. The van der Waals surface area contributed by atoms with E-state index in [2.05, 4.69) is 15.5 Å². The number of halogens is 1. The lowest BCUT2D eigenvalue weighted by atomic mass is 9.96. The molecular weight excluding hydrogens is 410 g/mol. The largest absolute Gasteiger partial charge is 0.378 e. The second-order valence-electron chi connectivity index (χ2n) is 8.02. The van der Waals surface area contributed by atoms with Crippen LogP contribution in [0.3, 0.4) is 0 Å². The molecule has 1 aliphatic rings. The van der Waals surface area contributed by atoms with E-state index >= 15 is 0 Å². The summed E-state index contributed by atoms with van der Waals surface area (Å²) < 4.78 is 5.42. The molecule has 0 spiro atoms. The molecule has 0 saturated carbocycles. The van der Waals surface area contributed by atoms with E-state index in [1.54, 1.807) is 0 Å². The number of rotatable bonds is 4. The Balaban J connectivity index is 1.81. The van der Waals surface area contributed by atoms with Gasteiger partial charge in [0.25, 0.3) is 5.91 Å². The third-order valence-corrected chi connectivity index (χ3v) is 6.06. The molecule has 29 heavy (non-hydrogen) atoms. The van der Waals surface area contributed by atoms with Gasteiger partial charge in [0.05, 0.1) is 39.5 Å². The number of anilines is 3. The first-order valence-corrected chi connectivity index (χ1v) is 10.7. The SMILES string of the molecule is Cc1cc(NC(=O)C(C)(C)C)sc1C(=O)Nc1cccc(Cl)c1N1CCOCC1. The first-order chi connectivity index (χ1) is 13.7. The van der Waals surface area contributed by atoms with Gasteiger partial charge >= 0.3 is 0 Å². The number of hydrogen-bond acceptors (Lipinski definition) is 5. The van der Waals surface area contributed by atoms with Gasteiger partial charge in [0.2, 0.25) is 5.91 Å². The molecule has 0 atom stereocenters. The minimum atomic E-state index is -0.506. The summed E-state index contributed by atoms with van der Waals surface area (Å²) >= 11 is 7.72. The van der Waals surface area contributed by atoms with Crippen molar-refractivity contribution in [3.05, 3.63) is 39.7 Å². The third-order valence-electron chi connectivity index (χ3n) is 4.60. The summed E-state index contributed by atoms with van der Waals surface area (Å²) in [5.41, 5.74) is 1.78. The summed E-state index contributed by atoms with van der Waals surface area (Å²) in [5, 5.41) is 7.13. The van der Waals surface area contributed by atoms with Crippen LogP contribution in [0.4, 0.5) is 16.4 Å². The second kappa shape index (κ2) is 8.73. The van der Waals surface area contributed by atoms with E-state index in [0.29, 0.717) is 46.9 Å². The van der Waals surface area contributed by atoms with E-state index in [0.717, 1.165) is 11.3 Å². The van der Waals surface area contributed by atoms with Crippen molar-refractivity contribution in [2.75, 3.05) is 41.8 Å². The van der Waals surface area contributed by atoms with Crippen molar-refractivity contribution in [1.82, 2.24) is 0 Å². The zero-order valence-corrected chi connectivity index (χ0v) is 18.7. The first kappa shape index (κ1) is 21.6. The van der Waals surface area contributed by atoms with Crippen LogP contribution in [0.5, 0.6) is 0 Å². The molecule has 6 nitrogen and oxygen atoms in total. The molecule has 1 saturated heterocycles. The fourth-order valence-electron chi connectivity index (χ4n) is 2.97. The van der Waals surface area contributed by atoms with Gasteiger partial charge in [0.15, 0.2) is 0 Å². The lowest BCUT2D eigenvalue weighted by molar-refractivity contribution is -0.123. The molecule has 0 aliphatic carbocycles. The van der Waals surface area contributed by atoms with Gasteiger partial charge in [-0.15, -0.1) is 11.3 Å². The minimum Gasteiger partial charge on any atom is -0.378 e. The Morgan fingerprint density at radius 2 is 1.86 bits per heavy atom. The number of aryl methyl sites for hydroxylation is 1. The van der Waals surface area contributed by atoms with Crippen molar-refractivity contribution < 1.29 is 14.3 Å². The quantitative estimate of drug-likeness (QED) is 0.724. The number of benzene rings is 1. The summed E-state index contributed by atoms with van der Waals surface area (Å²) in [6.07, 6.45) is 0. The van der Waals surface area contributed by atoms with Gasteiger partial charge in [-0.05, 0) is 30.7 Å². The Hall–Kier alpha value is -2.09. The standard InChI is InChI=1S/C21H26ClN3O3S/c1-13-12-16(24-20(27)21(2,3)4)29-18(13)19(26)23-15-7-5-6-14(22)17(15)25-8-10-28-11-9-25/h5-7,12H,8-11H2,1-4H3,(H,23,26)(H,24,27). The molecule has 2 heterocycles. The van der Waals surface area contributed by atoms with Gasteiger partial charge in [-0.2, -0.15) is 0 Å². The molecule has 3 rings (SSSR count). The molecule has 1 aliphatic heterocycles. The van der Waals surface area contributed by atoms with Gasteiger partial charge < -0.3 is 20.3 Å². The van der Waals surface area contributed by atoms with E-state index in [9.17, 15) is 9.59 Å². The summed E-state index contributed by atoms with van der Waals surface area (Å²) in [6.45, 7) is 10.1. The molecule has 0 bridgehead atoms. The number of morpholine rings is 1. The normalized spacial score (nSPS) is 14.6. The van der Waals surface area contributed by atoms with Gasteiger partial charge in [0.1, 0.15) is 0 Å². The van der Waals surface area contributed by atoms with Crippen molar-refractivity contribution in [2.24, 2.45) is 5.41 Å². The van der Waals surface area contributed by atoms with E-state index in [1.807, 2.05) is 52.0 Å². The summed E-state index contributed by atoms with van der Waals surface area (Å²) in [7, 11) is 0. The topological polar surface area (TPSA) is 70.7 Å². The average molecular weight is 436 g/mol. The number of ether oxygens (including phenoxy) is 1. The van der Waals surface area contributed by atoms with Crippen LogP contribution in [-0.4, -0.2) is 38.1 Å². The number of carbonyl (C=O) groups excluding carboxylic acids is 2. The van der Waals surface area contributed by atoms with E-state index in [-0.39, 0.29) is 11.8 Å². The Morgan fingerprint density at radius 1 is 1.17 bits per heavy atom. The molecule has 1 fully saturated rings. The maximum absolute atomic E-state index is 13.0. The van der Waals surface area contributed by atoms with Crippen LogP contribution in [-0.2, 0) is 9.53 Å². The van der Waals surface area contributed by atoms with Crippen LogP contribution in [0.2, 0.25) is 5.02 Å². The molecule has 2 aromatic rings. The molecular formula is C21H26ClN3O3S. The smallest absolute Gasteiger partial charge is 0.266 e. The highest BCUT2D eigenvalue weighted by Crippen LogP contribution is 2.36. The van der Waals surface area contributed by atoms with Crippen molar-refractivity contribution in [2.45, 2.75) is 27.7 Å². The van der Waals surface area contributed by atoms with Crippen molar-refractivity contribution in [3.63, 3.8) is 0 Å². The molecule has 0 radical (unpaired) electrons. The zero-order chi connectivity index (χ0) is 21.2. The number of nitrogens with zero attached hydrogens (tertiary/aromatic N) is 1. The lowest BCUT2D eigenvalue weighted by Crippen LogP contribution is -2.37. The number of thiophene rings is 1.